The summed E-state index contributed by atoms with van der Waals surface area (Å²) < 4.78 is 0. The maximum Gasteiger partial charge on any atom is 0.144 e. The molecule has 0 aliphatic carbocycles. The molecule has 0 unspecified atom stereocenters. The second-order valence-electron chi connectivity index (χ2n) is 28.1. The largest absolute Gasteiger partial charge is 0.279 e. The maximum absolute atomic E-state index is 5.67. The highest BCUT2D eigenvalue weighted by Gasteiger charge is 2.28. The number of hydrogen-bond acceptors (Lipinski definition) is 10. The van der Waals surface area contributed by atoms with Crippen molar-refractivity contribution < 1.29 is 0 Å². The van der Waals surface area contributed by atoms with Gasteiger partial charge in [0.15, 0.2) is 0 Å². The van der Waals surface area contributed by atoms with E-state index in [-0.39, 0.29) is 32.5 Å². The van der Waals surface area contributed by atoms with Crippen LogP contribution in [0.4, 0.5) is 52.2 Å². The summed E-state index contributed by atoms with van der Waals surface area (Å²) in [6, 6.07) is 29.9. The lowest BCUT2D eigenvalue weighted by Crippen LogP contribution is -2.21. The van der Waals surface area contributed by atoms with Gasteiger partial charge in [-0.15, -0.1) is 0 Å². The Morgan fingerprint density at radius 3 is 0.600 bits per heavy atom. The molecule has 0 radical (unpaired) electrons. The molecule has 0 amide bonds. The van der Waals surface area contributed by atoms with E-state index in [1.54, 1.807) is 0 Å². The van der Waals surface area contributed by atoms with Crippen LogP contribution in [-0.2, 0) is 38.5 Å². The minimum atomic E-state index is 0.0843. The second-order valence-corrected chi connectivity index (χ2v) is 28.1. The third-order valence-electron chi connectivity index (χ3n) is 12.1. The molecule has 0 saturated carbocycles. The molecule has 396 valence electrons. The van der Waals surface area contributed by atoms with Crippen LogP contribution in [0.25, 0.3) is 0 Å². The lowest BCUT2D eigenvalue weighted by molar-refractivity contribution is 0.410. The van der Waals surface area contributed by atoms with E-state index in [0.717, 1.165) is 77.6 Å². The molecule has 0 saturated heterocycles. The van der Waals surface area contributed by atoms with Crippen molar-refractivity contribution in [1.29, 1.82) is 0 Å². The van der Waals surface area contributed by atoms with Crippen molar-refractivity contribution in [3.8, 4) is 0 Å². The van der Waals surface area contributed by atoms with Crippen LogP contribution in [0.1, 0.15) is 158 Å². The molecular weight excluding hydrogens is 921 g/mol. The van der Waals surface area contributed by atoms with Crippen molar-refractivity contribution in [1.82, 2.24) is 34.9 Å². The standard InChI is InChI=1S/C65H86N10/c1-60(2,3)33-45-19-25-52(66-39-45)73(53-26-20-46(40-67-53)34-61(4,5)6)51-31-58(74(54-27-21-47(41-68-54)35-62(7,8)9)55-28-22-48(42-69-55)36-63(10,11)12)72-59(32-51)75(56-29-23-49(43-70-56)37-64(13,14)15)57-30-24-50(44-71-57)38-65(16,17)18/h19-32,39-44H,33-38H2,1-18H3. The van der Waals surface area contributed by atoms with Crippen molar-refractivity contribution in [3.63, 3.8) is 0 Å². The summed E-state index contributed by atoms with van der Waals surface area (Å²) in [6.45, 7) is 40.6. The van der Waals surface area contributed by atoms with Gasteiger partial charge in [0, 0.05) is 49.3 Å². The predicted molar refractivity (Wildman–Crippen MR) is 314 cm³/mol. The first-order chi connectivity index (χ1) is 34.8. The average Bonchev–Trinajstić information content (AvgIpc) is 3.27. The number of hydrogen-bond donors (Lipinski definition) is 0. The fourth-order valence-corrected chi connectivity index (χ4v) is 9.53. The molecule has 0 bridgehead atoms. The van der Waals surface area contributed by atoms with Crippen molar-refractivity contribution in [3.05, 3.63) is 155 Å². The monoisotopic (exact) mass is 1010 g/mol. The molecule has 0 N–H and O–H groups in total. The molecule has 0 fully saturated rings. The smallest absolute Gasteiger partial charge is 0.144 e. The van der Waals surface area contributed by atoms with Gasteiger partial charge in [-0.1, -0.05) is 161 Å². The van der Waals surface area contributed by atoms with Gasteiger partial charge >= 0.3 is 0 Å². The summed E-state index contributed by atoms with van der Waals surface area (Å²) in [5.74, 6) is 5.34. The van der Waals surface area contributed by atoms with Crippen LogP contribution < -0.4 is 14.7 Å². The normalized spacial score (nSPS) is 12.7. The number of anilines is 9. The van der Waals surface area contributed by atoms with Gasteiger partial charge in [-0.05, 0) is 141 Å². The lowest BCUT2D eigenvalue weighted by Gasteiger charge is -2.30. The van der Waals surface area contributed by atoms with Crippen LogP contribution in [0, 0.1) is 32.5 Å². The Morgan fingerprint density at radius 2 is 0.440 bits per heavy atom. The Morgan fingerprint density at radius 1 is 0.253 bits per heavy atom. The summed E-state index contributed by atoms with van der Waals surface area (Å²) in [5.41, 5.74) is 8.24. The highest BCUT2D eigenvalue weighted by atomic mass is 15.3. The molecule has 7 aromatic heterocycles. The molecular formula is C65H86N10. The highest BCUT2D eigenvalue weighted by molar-refractivity contribution is 5.83. The van der Waals surface area contributed by atoms with Gasteiger partial charge in [0.05, 0.1) is 5.69 Å². The maximum atomic E-state index is 5.67. The molecule has 10 nitrogen and oxygen atoms in total. The molecule has 7 heterocycles. The number of aromatic nitrogens is 7. The van der Waals surface area contributed by atoms with E-state index < -0.39 is 0 Å². The first-order valence-electron chi connectivity index (χ1n) is 26.9. The minimum absolute atomic E-state index is 0.0843. The fourth-order valence-electron chi connectivity index (χ4n) is 9.53. The van der Waals surface area contributed by atoms with E-state index in [2.05, 4.69) is 224 Å². The average molecular weight is 1010 g/mol. The summed E-state index contributed by atoms with van der Waals surface area (Å²) in [7, 11) is 0. The van der Waals surface area contributed by atoms with Crippen LogP contribution >= 0.6 is 0 Å². The summed E-state index contributed by atoms with van der Waals surface area (Å²) in [4.78, 5) is 43.2. The van der Waals surface area contributed by atoms with Crippen molar-refractivity contribution in [2.24, 2.45) is 32.5 Å². The van der Waals surface area contributed by atoms with E-state index in [9.17, 15) is 0 Å². The second kappa shape index (κ2) is 22.0. The van der Waals surface area contributed by atoms with Gasteiger partial charge in [-0.3, -0.25) is 14.7 Å². The van der Waals surface area contributed by atoms with Crippen LogP contribution in [-0.4, -0.2) is 34.9 Å². The van der Waals surface area contributed by atoms with Crippen LogP contribution in [0.15, 0.2) is 122 Å². The van der Waals surface area contributed by atoms with Gasteiger partial charge in [-0.2, -0.15) is 0 Å². The van der Waals surface area contributed by atoms with Gasteiger partial charge in [0.25, 0.3) is 0 Å². The zero-order chi connectivity index (χ0) is 54.7. The molecule has 0 aliphatic heterocycles. The van der Waals surface area contributed by atoms with Crippen LogP contribution in [0.3, 0.4) is 0 Å². The van der Waals surface area contributed by atoms with Crippen molar-refractivity contribution >= 4 is 52.2 Å². The Labute approximate surface area is 451 Å². The zero-order valence-electron chi connectivity index (χ0n) is 48.8. The molecule has 0 aliphatic rings. The SMILES string of the molecule is CC(C)(C)Cc1ccc(N(c2cc(N(c3ccc(CC(C)(C)C)cn3)c3ccc(CC(C)(C)C)cn3)nc(N(c3ccc(CC(C)(C)C)cn3)c3ccc(CC(C)(C)C)cn3)c2)c2ccc(CC(C)(C)C)cn2)nc1. The molecule has 7 rings (SSSR count). The molecule has 0 spiro atoms. The highest BCUT2D eigenvalue weighted by Crippen LogP contribution is 2.43. The van der Waals surface area contributed by atoms with E-state index in [1.807, 2.05) is 37.2 Å². The van der Waals surface area contributed by atoms with Crippen molar-refractivity contribution in [2.75, 3.05) is 14.7 Å². The number of rotatable bonds is 15. The van der Waals surface area contributed by atoms with Gasteiger partial charge < -0.3 is 0 Å². The van der Waals surface area contributed by atoms with Crippen molar-refractivity contribution in [2.45, 2.75) is 163 Å². The molecule has 0 atom stereocenters. The first-order valence-corrected chi connectivity index (χ1v) is 26.9. The van der Waals surface area contributed by atoms with Crippen LogP contribution in [0.5, 0.6) is 0 Å². The van der Waals surface area contributed by atoms with Gasteiger partial charge in [0.1, 0.15) is 46.5 Å². The Balaban J connectivity index is 1.54. The lowest BCUT2D eigenvalue weighted by atomic mass is 9.89. The van der Waals surface area contributed by atoms with E-state index in [1.165, 1.54) is 0 Å². The minimum Gasteiger partial charge on any atom is -0.279 e. The van der Waals surface area contributed by atoms with E-state index in [4.69, 9.17) is 34.9 Å². The summed E-state index contributed by atoms with van der Waals surface area (Å²) >= 11 is 0. The van der Waals surface area contributed by atoms with Gasteiger partial charge in [0.2, 0.25) is 0 Å². The number of nitrogens with zero attached hydrogens (tertiary/aromatic N) is 10. The quantitative estimate of drug-likeness (QED) is 0.0987. The molecule has 10 heteroatoms. The first kappa shape index (κ1) is 56.2. The fraction of sp³-hybridized carbons (Fsp3) is 0.462. The third kappa shape index (κ3) is 16.7. The van der Waals surface area contributed by atoms with E-state index >= 15 is 0 Å². The topological polar surface area (TPSA) is 100.0 Å². The predicted octanol–water partition coefficient (Wildman–Crippen LogP) is 17.4. The summed E-state index contributed by atoms with van der Waals surface area (Å²) in [5, 5.41) is 0. The Kier molecular flexibility index (Phi) is 16.5. The van der Waals surface area contributed by atoms with Crippen LogP contribution in [0.2, 0.25) is 0 Å². The van der Waals surface area contributed by atoms with E-state index in [0.29, 0.717) is 46.5 Å². The Bertz CT molecular complexity index is 2420. The zero-order valence-corrected chi connectivity index (χ0v) is 48.8. The number of pyridine rings is 7. The third-order valence-corrected chi connectivity index (χ3v) is 12.1. The molecule has 7 aromatic rings. The van der Waals surface area contributed by atoms with Gasteiger partial charge in [-0.25, -0.2) is 34.9 Å². The molecule has 75 heavy (non-hydrogen) atoms. The Hall–Kier alpha value is -6.55. The molecule has 0 aromatic carbocycles. The summed E-state index contributed by atoms with van der Waals surface area (Å²) in [6.07, 6.45) is 17.3.